The molecule has 4 heteroatoms. The van der Waals surface area contributed by atoms with Gasteiger partial charge < -0.3 is 14.8 Å². The van der Waals surface area contributed by atoms with Crippen LogP contribution >= 0.6 is 0 Å². The fourth-order valence-electron chi connectivity index (χ4n) is 3.25. The summed E-state index contributed by atoms with van der Waals surface area (Å²) in [5.74, 6) is 1.35. The van der Waals surface area contributed by atoms with E-state index in [2.05, 4.69) is 29.6 Å². The molecule has 144 valence electrons. The smallest absolute Gasteiger partial charge is 0.221 e. The van der Waals surface area contributed by atoms with Crippen LogP contribution in [0.5, 0.6) is 11.5 Å². The van der Waals surface area contributed by atoms with Crippen LogP contribution in [0, 0.1) is 0 Å². The maximum Gasteiger partial charge on any atom is 0.221 e. The van der Waals surface area contributed by atoms with Crippen molar-refractivity contribution in [3.63, 3.8) is 0 Å². The van der Waals surface area contributed by atoms with Crippen LogP contribution in [0.2, 0.25) is 0 Å². The van der Waals surface area contributed by atoms with Crippen molar-refractivity contribution in [1.29, 1.82) is 0 Å². The van der Waals surface area contributed by atoms with E-state index in [9.17, 15) is 4.79 Å². The van der Waals surface area contributed by atoms with Gasteiger partial charge in [-0.25, -0.2) is 0 Å². The summed E-state index contributed by atoms with van der Waals surface area (Å²) in [6.45, 7) is 0.440. The van der Waals surface area contributed by atoms with E-state index in [1.165, 1.54) is 0 Å². The predicted molar refractivity (Wildman–Crippen MR) is 111 cm³/mol. The zero-order valence-corrected chi connectivity index (χ0v) is 16.2. The SMILES string of the molecule is COc1ccc(CNC(=O)CC(c2ccccc2)c2ccccc2)cc1OC. The molecule has 0 unspecified atom stereocenters. The van der Waals surface area contributed by atoms with Gasteiger partial charge in [0.1, 0.15) is 0 Å². The standard InChI is InChI=1S/C24H25NO3/c1-27-22-14-13-18(15-23(22)28-2)17-25-24(26)16-21(19-9-5-3-6-10-19)20-11-7-4-8-12-20/h3-15,21H,16-17H2,1-2H3,(H,25,26). The molecule has 0 aliphatic rings. The lowest BCUT2D eigenvalue weighted by atomic mass is 9.88. The third-order valence-electron chi connectivity index (χ3n) is 4.73. The molecule has 0 radical (unpaired) electrons. The lowest BCUT2D eigenvalue weighted by molar-refractivity contribution is -0.121. The molecule has 0 fully saturated rings. The Morgan fingerprint density at radius 1 is 0.821 bits per heavy atom. The molecule has 0 aromatic heterocycles. The molecule has 4 nitrogen and oxygen atoms in total. The van der Waals surface area contributed by atoms with E-state index in [1.54, 1.807) is 14.2 Å². The molecular weight excluding hydrogens is 350 g/mol. The molecule has 0 atom stereocenters. The van der Waals surface area contributed by atoms with Crippen molar-refractivity contribution in [3.8, 4) is 11.5 Å². The van der Waals surface area contributed by atoms with Crippen molar-refractivity contribution >= 4 is 5.91 Å². The summed E-state index contributed by atoms with van der Waals surface area (Å²) in [5, 5.41) is 3.02. The van der Waals surface area contributed by atoms with Crippen LogP contribution in [-0.4, -0.2) is 20.1 Å². The molecule has 0 aliphatic carbocycles. The maximum atomic E-state index is 12.7. The second kappa shape index (κ2) is 9.60. The second-order valence-electron chi connectivity index (χ2n) is 6.54. The third kappa shape index (κ3) is 4.92. The number of methoxy groups -OCH3 is 2. The fraction of sp³-hybridized carbons (Fsp3) is 0.208. The highest BCUT2D eigenvalue weighted by Crippen LogP contribution is 2.29. The molecule has 0 aliphatic heterocycles. The van der Waals surface area contributed by atoms with Gasteiger partial charge in [0.15, 0.2) is 11.5 Å². The molecule has 1 N–H and O–H groups in total. The zero-order valence-electron chi connectivity index (χ0n) is 16.2. The number of ether oxygens (including phenoxy) is 2. The minimum absolute atomic E-state index is 0.00694. The molecule has 3 aromatic rings. The first-order valence-corrected chi connectivity index (χ1v) is 9.28. The maximum absolute atomic E-state index is 12.7. The first-order valence-electron chi connectivity index (χ1n) is 9.28. The first-order chi connectivity index (χ1) is 13.7. The number of hydrogen-bond acceptors (Lipinski definition) is 3. The Bertz CT molecular complexity index is 855. The van der Waals surface area contributed by atoms with E-state index >= 15 is 0 Å². The van der Waals surface area contributed by atoms with Crippen LogP contribution in [0.1, 0.15) is 29.0 Å². The van der Waals surface area contributed by atoms with Gasteiger partial charge in [-0.2, -0.15) is 0 Å². The van der Waals surface area contributed by atoms with Gasteiger partial charge in [-0.05, 0) is 28.8 Å². The lowest BCUT2D eigenvalue weighted by Gasteiger charge is -2.18. The average molecular weight is 375 g/mol. The summed E-state index contributed by atoms with van der Waals surface area (Å²) in [5.41, 5.74) is 3.23. The van der Waals surface area contributed by atoms with Crippen molar-refractivity contribution < 1.29 is 14.3 Å². The van der Waals surface area contributed by atoms with Gasteiger partial charge in [0.05, 0.1) is 14.2 Å². The molecule has 0 saturated carbocycles. The van der Waals surface area contributed by atoms with Crippen LogP contribution in [0.4, 0.5) is 0 Å². The van der Waals surface area contributed by atoms with Crippen LogP contribution < -0.4 is 14.8 Å². The van der Waals surface area contributed by atoms with E-state index in [0.29, 0.717) is 24.5 Å². The Morgan fingerprint density at radius 2 is 1.39 bits per heavy atom. The fourth-order valence-corrected chi connectivity index (χ4v) is 3.25. The van der Waals surface area contributed by atoms with E-state index in [0.717, 1.165) is 16.7 Å². The van der Waals surface area contributed by atoms with Crippen LogP contribution in [0.25, 0.3) is 0 Å². The van der Waals surface area contributed by atoms with Crippen molar-refractivity contribution in [1.82, 2.24) is 5.32 Å². The highest BCUT2D eigenvalue weighted by Gasteiger charge is 2.18. The Balaban J connectivity index is 1.69. The van der Waals surface area contributed by atoms with E-state index in [-0.39, 0.29) is 11.8 Å². The summed E-state index contributed by atoms with van der Waals surface area (Å²) in [4.78, 5) is 12.7. The number of carbonyl (C=O) groups is 1. The summed E-state index contributed by atoms with van der Waals surface area (Å²) in [6, 6.07) is 25.9. The molecular formula is C24H25NO3. The van der Waals surface area contributed by atoms with Crippen LogP contribution in [-0.2, 0) is 11.3 Å². The summed E-state index contributed by atoms with van der Waals surface area (Å²) in [6.07, 6.45) is 0.390. The number of rotatable bonds is 8. The topological polar surface area (TPSA) is 47.6 Å². The summed E-state index contributed by atoms with van der Waals surface area (Å²) in [7, 11) is 3.21. The highest BCUT2D eigenvalue weighted by atomic mass is 16.5. The number of nitrogens with one attached hydrogen (secondary N) is 1. The number of benzene rings is 3. The largest absolute Gasteiger partial charge is 0.493 e. The zero-order chi connectivity index (χ0) is 19.8. The molecule has 3 aromatic carbocycles. The molecule has 0 saturated heterocycles. The second-order valence-corrected chi connectivity index (χ2v) is 6.54. The Hall–Kier alpha value is -3.27. The monoisotopic (exact) mass is 375 g/mol. The number of hydrogen-bond donors (Lipinski definition) is 1. The van der Waals surface area contributed by atoms with E-state index in [4.69, 9.17) is 9.47 Å². The van der Waals surface area contributed by atoms with Crippen LogP contribution in [0.3, 0.4) is 0 Å². The van der Waals surface area contributed by atoms with Gasteiger partial charge in [-0.3, -0.25) is 4.79 Å². The van der Waals surface area contributed by atoms with Crippen molar-refractivity contribution in [3.05, 3.63) is 95.6 Å². The summed E-state index contributed by atoms with van der Waals surface area (Å²) >= 11 is 0. The first kappa shape index (κ1) is 19.5. The Kier molecular flexibility index (Phi) is 6.68. The molecule has 0 bridgehead atoms. The molecule has 3 rings (SSSR count). The van der Waals surface area contributed by atoms with Crippen molar-refractivity contribution in [2.75, 3.05) is 14.2 Å². The molecule has 28 heavy (non-hydrogen) atoms. The normalized spacial score (nSPS) is 10.5. The number of amides is 1. The molecule has 0 spiro atoms. The van der Waals surface area contributed by atoms with Gasteiger partial charge in [0.2, 0.25) is 5.91 Å². The van der Waals surface area contributed by atoms with Gasteiger partial charge in [0.25, 0.3) is 0 Å². The molecule has 1 amide bonds. The Morgan fingerprint density at radius 3 is 1.93 bits per heavy atom. The highest BCUT2D eigenvalue weighted by molar-refractivity contribution is 5.77. The van der Waals surface area contributed by atoms with Gasteiger partial charge >= 0.3 is 0 Å². The van der Waals surface area contributed by atoms with Crippen molar-refractivity contribution in [2.45, 2.75) is 18.9 Å². The molecule has 0 heterocycles. The van der Waals surface area contributed by atoms with Gasteiger partial charge in [0, 0.05) is 18.9 Å². The van der Waals surface area contributed by atoms with Gasteiger partial charge in [-0.15, -0.1) is 0 Å². The quantitative estimate of drug-likeness (QED) is 0.629. The van der Waals surface area contributed by atoms with Gasteiger partial charge in [-0.1, -0.05) is 66.7 Å². The Labute approximate surface area is 166 Å². The van der Waals surface area contributed by atoms with Crippen molar-refractivity contribution in [2.24, 2.45) is 0 Å². The lowest BCUT2D eigenvalue weighted by Crippen LogP contribution is -2.25. The minimum Gasteiger partial charge on any atom is -0.493 e. The predicted octanol–water partition coefficient (Wildman–Crippen LogP) is 4.54. The summed E-state index contributed by atoms with van der Waals surface area (Å²) < 4.78 is 10.6. The van der Waals surface area contributed by atoms with E-state index in [1.807, 2.05) is 54.6 Å². The van der Waals surface area contributed by atoms with E-state index < -0.39 is 0 Å². The third-order valence-corrected chi connectivity index (χ3v) is 4.73. The number of carbonyl (C=O) groups excluding carboxylic acids is 1. The average Bonchev–Trinajstić information content (AvgIpc) is 2.77. The van der Waals surface area contributed by atoms with Crippen LogP contribution in [0.15, 0.2) is 78.9 Å². The minimum atomic E-state index is 0.00694.